The zero-order valence-corrected chi connectivity index (χ0v) is 15.8. The molecule has 5 rings (SSSR count). The molecule has 0 saturated carbocycles. The lowest BCUT2D eigenvalue weighted by molar-refractivity contribution is -0.122. The van der Waals surface area contributed by atoms with Gasteiger partial charge < -0.3 is 5.32 Å². The Labute approximate surface area is 167 Å². The van der Waals surface area contributed by atoms with E-state index in [0.29, 0.717) is 12.5 Å². The summed E-state index contributed by atoms with van der Waals surface area (Å²) in [6.07, 6.45) is 0.893. The van der Waals surface area contributed by atoms with Gasteiger partial charge in [-0.1, -0.05) is 42.5 Å². The maximum atomic E-state index is 13.1. The van der Waals surface area contributed by atoms with Crippen LogP contribution in [0, 0.1) is 0 Å². The van der Waals surface area contributed by atoms with Crippen LogP contribution < -0.4 is 15.9 Å². The standard InChI is InChI=1S/C21H20N6O2/c28-18(23-13-15-7-2-1-3-8-15)14-26-21(29)27-17-10-5-4-9-16(17)19-22-11-6-12-25(19)20(27)24-26/h1-5,7-10H,6,11-14H2,(H,23,28). The number of nitrogens with one attached hydrogen (secondary N) is 1. The molecule has 1 aromatic heterocycles. The Bertz CT molecular complexity index is 1160. The van der Waals surface area contributed by atoms with Crippen LogP contribution in [-0.4, -0.2) is 39.2 Å². The van der Waals surface area contributed by atoms with Crippen LogP contribution in [0.2, 0.25) is 0 Å². The van der Waals surface area contributed by atoms with Gasteiger partial charge in [0.2, 0.25) is 11.9 Å². The SMILES string of the molecule is O=C(Cn1nc2n(c1=O)-c1ccccc1C1=NCCCN12)NCc1ccccc1. The number of rotatable bonds is 4. The number of hydrogen-bond acceptors (Lipinski definition) is 5. The van der Waals surface area contributed by atoms with Gasteiger partial charge in [0.1, 0.15) is 12.4 Å². The van der Waals surface area contributed by atoms with E-state index < -0.39 is 0 Å². The summed E-state index contributed by atoms with van der Waals surface area (Å²) < 4.78 is 2.80. The molecule has 8 nitrogen and oxygen atoms in total. The number of carbonyl (C=O) groups is 1. The zero-order valence-electron chi connectivity index (χ0n) is 15.8. The van der Waals surface area contributed by atoms with Gasteiger partial charge in [-0.25, -0.2) is 14.0 Å². The predicted molar refractivity (Wildman–Crippen MR) is 109 cm³/mol. The highest BCUT2D eigenvalue weighted by Gasteiger charge is 2.33. The molecule has 2 aliphatic rings. The van der Waals surface area contributed by atoms with Gasteiger partial charge in [-0.3, -0.25) is 14.7 Å². The smallest absolute Gasteiger partial charge is 0.350 e. The summed E-state index contributed by atoms with van der Waals surface area (Å²) in [5.74, 6) is 1.10. The van der Waals surface area contributed by atoms with Crippen LogP contribution in [0.3, 0.4) is 0 Å². The lowest BCUT2D eigenvalue weighted by atomic mass is 10.1. The summed E-state index contributed by atoms with van der Waals surface area (Å²) in [7, 11) is 0. The molecule has 0 aliphatic carbocycles. The molecule has 0 spiro atoms. The van der Waals surface area contributed by atoms with Crippen molar-refractivity contribution in [3.8, 4) is 5.69 Å². The maximum Gasteiger partial charge on any atom is 0.352 e. The summed E-state index contributed by atoms with van der Waals surface area (Å²) in [5.41, 5.74) is 2.34. The molecule has 0 bridgehead atoms. The fourth-order valence-corrected chi connectivity index (χ4v) is 3.76. The summed E-state index contributed by atoms with van der Waals surface area (Å²) in [5, 5.41) is 7.33. The number of carbonyl (C=O) groups excluding carboxylic acids is 1. The minimum atomic E-state index is -0.327. The first-order valence-corrected chi connectivity index (χ1v) is 9.64. The van der Waals surface area contributed by atoms with Crippen LogP contribution in [0.5, 0.6) is 0 Å². The quantitative estimate of drug-likeness (QED) is 0.731. The minimum Gasteiger partial charge on any atom is -0.350 e. The molecule has 8 heteroatoms. The molecular formula is C21H20N6O2. The van der Waals surface area contributed by atoms with Crippen molar-refractivity contribution in [1.29, 1.82) is 0 Å². The van der Waals surface area contributed by atoms with Crippen LogP contribution >= 0.6 is 0 Å². The first kappa shape index (κ1) is 17.4. The van der Waals surface area contributed by atoms with Crippen LogP contribution in [0.25, 0.3) is 5.69 Å². The van der Waals surface area contributed by atoms with Crippen LogP contribution in [0.1, 0.15) is 17.5 Å². The summed E-state index contributed by atoms with van der Waals surface area (Å²) in [6.45, 7) is 1.78. The number of nitrogens with zero attached hydrogens (tertiary/aromatic N) is 5. The molecule has 0 unspecified atom stereocenters. The van der Waals surface area contributed by atoms with E-state index >= 15 is 0 Å². The van der Waals surface area contributed by atoms with Crippen LogP contribution in [0.15, 0.2) is 64.4 Å². The van der Waals surface area contributed by atoms with Gasteiger partial charge in [-0.15, -0.1) is 5.10 Å². The molecule has 3 aromatic rings. The number of amides is 1. The van der Waals surface area contributed by atoms with Crippen molar-refractivity contribution in [2.24, 2.45) is 4.99 Å². The van der Waals surface area contributed by atoms with Gasteiger partial charge in [0.25, 0.3) is 0 Å². The lowest BCUT2D eigenvalue weighted by Crippen LogP contribution is -2.42. The second-order valence-corrected chi connectivity index (χ2v) is 7.07. The number of aliphatic imine (C=N–C) groups is 1. The second kappa shape index (κ2) is 7.05. The Morgan fingerprint density at radius 2 is 1.86 bits per heavy atom. The Hall–Kier alpha value is -3.68. The van der Waals surface area contributed by atoms with E-state index in [4.69, 9.17) is 0 Å². The van der Waals surface area contributed by atoms with Gasteiger partial charge in [0.15, 0.2) is 0 Å². The summed E-state index contributed by atoms with van der Waals surface area (Å²) in [4.78, 5) is 32.1. The monoisotopic (exact) mass is 388 g/mol. The highest BCUT2D eigenvalue weighted by Crippen LogP contribution is 2.29. The van der Waals surface area contributed by atoms with E-state index in [0.717, 1.165) is 42.2 Å². The van der Waals surface area contributed by atoms with Gasteiger partial charge in [0.05, 0.1) is 5.69 Å². The topological polar surface area (TPSA) is 84.5 Å². The summed E-state index contributed by atoms with van der Waals surface area (Å²) >= 11 is 0. The minimum absolute atomic E-state index is 0.131. The van der Waals surface area contributed by atoms with Crippen molar-refractivity contribution in [1.82, 2.24) is 19.7 Å². The van der Waals surface area contributed by atoms with Gasteiger partial charge in [-0.2, -0.15) is 0 Å². The van der Waals surface area contributed by atoms with Crippen molar-refractivity contribution in [3.63, 3.8) is 0 Å². The average molecular weight is 388 g/mol. The summed E-state index contributed by atoms with van der Waals surface area (Å²) in [6, 6.07) is 17.3. The van der Waals surface area contributed by atoms with Crippen molar-refractivity contribution in [3.05, 3.63) is 76.2 Å². The normalized spacial score (nSPS) is 14.5. The van der Waals surface area contributed by atoms with E-state index in [2.05, 4.69) is 15.4 Å². The largest absolute Gasteiger partial charge is 0.352 e. The maximum absolute atomic E-state index is 13.1. The van der Waals surface area contributed by atoms with Gasteiger partial charge in [-0.05, 0) is 24.1 Å². The van der Waals surface area contributed by atoms with E-state index in [-0.39, 0.29) is 18.1 Å². The third-order valence-electron chi connectivity index (χ3n) is 5.13. The number of hydrogen-bond donors (Lipinski definition) is 1. The number of fused-ring (bicyclic) bond motifs is 6. The third-order valence-corrected chi connectivity index (χ3v) is 5.13. The molecular weight excluding hydrogens is 368 g/mol. The van der Waals surface area contributed by atoms with Crippen LogP contribution in [0.4, 0.5) is 5.95 Å². The van der Waals surface area contributed by atoms with E-state index in [9.17, 15) is 9.59 Å². The second-order valence-electron chi connectivity index (χ2n) is 7.07. The molecule has 2 aliphatic heterocycles. The van der Waals surface area contributed by atoms with Gasteiger partial charge >= 0.3 is 5.69 Å². The first-order valence-electron chi connectivity index (χ1n) is 9.64. The number of amidine groups is 1. The number of aromatic nitrogens is 3. The molecule has 0 fully saturated rings. The van der Waals surface area contributed by atoms with Crippen molar-refractivity contribution in [2.45, 2.75) is 19.5 Å². The van der Waals surface area contributed by atoms with E-state index in [1.54, 1.807) is 4.57 Å². The molecule has 0 atom stereocenters. The van der Waals surface area contributed by atoms with Gasteiger partial charge in [0, 0.05) is 25.2 Å². The molecule has 0 saturated heterocycles. The zero-order chi connectivity index (χ0) is 19.8. The molecule has 29 heavy (non-hydrogen) atoms. The Kier molecular flexibility index (Phi) is 4.23. The fourth-order valence-electron chi connectivity index (χ4n) is 3.76. The van der Waals surface area contributed by atoms with Crippen molar-refractivity contribution in [2.75, 3.05) is 18.0 Å². The van der Waals surface area contributed by atoms with E-state index in [1.165, 1.54) is 4.68 Å². The molecule has 146 valence electrons. The molecule has 0 radical (unpaired) electrons. The Balaban J connectivity index is 1.45. The number of para-hydroxylation sites is 1. The fraction of sp³-hybridized carbons (Fsp3) is 0.238. The highest BCUT2D eigenvalue weighted by molar-refractivity contribution is 6.13. The molecule has 2 aromatic carbocycles. The Morgan fingerprint density at radius 3 is 2.72 bits per heavy atom. The number of anilines is 1. The third kappa shape index (κ3) is 3.02. The lowest BCUT2D eigenvalue weighted by Gasteiger charge is -2.33. The number of benzene rings is 2. The molecule has 1 amide bonds. The van der Waals surface area contributed by atoms with E-state index in [1.807, 2.05) is 59.5 Å². The van der Waals surface area contributed by atoms with Crippen molar-refractivity contribution < 1.29 is 4.79 Å². The first-order chi connectivity index (χ1) is 14.2. The van der Waals surface area contributed by atoms with Crippen molar-refractivity contribution >= 4 is 17.7 Å². The molecule has 1 N–H and O–H groups in total. The average Bonchev–Trinajstić information content (AvgIpc) is 3.09. The molecule has 3 heterocycles. The Morgan fingerprint density at radius 1 is 1.07 bits per heavy atom. The highest BCUT2D eigenvalue weighted by atomic mass is 16.2. The predicted octanol–water partition coefficient (Wildman–Crippen LogP) is 1.32. The van der Waals surface area contributed by atoms with Crippen LogP contribution in [-0.2, 0) is 17.9 Å².